The van der Waals surface area contributed by atoms with Crippen molar-refractivity contribution in [3.05, 3.63) is 76.0 Å². The molecule has 144 valence electrons. The first-order valence-electron chi connectivity index (χ1n) is 8.94. The molecule has 5 aromatic rings. The maximum atomic E-state index is 12.5. The lowest BCUT2D eigenvalue weighted by Crippen LogP contribution is -2.22. The van der Waals surface area contributed by atoms with Gasteiger partial charge in [0, 0.05) is 27.4 Å². The van der Waals surface area contributed by atoms with Crippen molar-refractivity contribution in [2.24, 2.45) is 0 Å². The Hall–Kier alpha value is -3.16. The average molecular weight is 423 g/mol. The molecule has 0 saturated heterocycles. The fourth-order valence-corrected chi connectivity index (χ4v) is 4.28. The number of benzene rings is 2. The van der Waals surface area contributed by atoms with Gasteiger partial charge >= 0.3 is 0 Å². The maximum absolute atomic E-state index is 12.5. The number of aryl methyl sites for hydroxylation is 1. The molecule has 6 nitrogen and oxygen atoms in total. The van der Waals surface area contributed by atoms with E-state index in [2.05, 4.69) is 15.4 Å². The van der Waals surface area contributed by atoms with Crippen LogP contribution in [-0.4, -0.2) is 20.5 Å². The van der Waals surface area contributed by atoms with Crippen LogP contribution >= 0.6 is 22.9 Å². The van der Waals surface area contributed by atoms with Gasteiger partial charge in [-0.25, -0.2) is 4.98 Å². The van der Waals surface area contributed by atoms with E-state index < -0.39 is 0 Å². The first-order valence-corrected chi connectivity index (χ1v) is 10.2. The van der Waals surface area contributed by atoms with Crippen LogP contribution in [0.2, 0.25) is 5.02 Å². The quantitative estimate of drug-likeness (QED) is 0.437. The Morgan fingerprint density at radius 2 is 2.07 bits per heavy atom. The van der Waals surface area contributed by atoms with Crippen molar-refractivity contribution in [1.82, 2.24) is 19.9 Å². The number of carbonyl (C=O) groups excluding carboxylic acids is 1. The highest BCUT2D eigenvalue weighted by Crippen LogP contribution is 2.28. The zero-order valence-corrected chi connectivity index (χ0v) is 16.9. The first-order chi connectivity index (χ1) is 14.1. The van der Waals surface area contributed by atoms with Crippen LogP contribution in [0, 0.1) is 6.92 Å². The standard InChI is InChI=1S/C21H15ClN4O2S/c1-12-23-10-19-26(12)25-21(28-19)14-4-2-13(3-5-14)20(27)24-9-15-11-29-18-7-6-16(22)8-17(15)18/h2-8,10-11H,9H2,1H3,(H,24,27). The number of hydrogen-bond acceptors (Lipinski definition) is 5. The van der Waals surface area contributed by atoms with E-state index >= 15 is 0 Å². The van der Waals surface area contributed by atoms with Crippen LogP contribution in [0.5, 0.6) is 0 Å². The number of imidazole rings is 1. The predicted molar refractivity (Wildman–Crippen MR) is 113 cm³/mol. The Labute approximate surface area is 174 Å². The first kappa shape index (κ1) is 17.9. The van der Waals surface area contributed by atoms with E-state index in [0.717, 1.165) is 27.0 Å². The lowest BCUT2D eigenvalue weighted by Gasteiger charge is -2.05. The van der Waals surface area contributed by atoms with Crippen molar-refractivity contribution in [2.75, 3.05) is 0 Å². The molecule has 0 radical (unpaired) electrons. The van der Waals surface area contributed by atoms with E-state index in [4.69, 9.17) is 16.0 Å². The van der Waals surface area contributed by atoms with E-state index in [1.54, 1.807) is 34.2 Å². The molecule has 0 atom stereocenters. The summed E-state index contributed by atoms with van der Waals surface area (Å²) in [5.41, 5.74) is 3.00. The zero-order chi connectivity index (χ0) is 20.0. The monoisotopic (exact) mass is 422 g/mol. The predicted octanol–water partition coefficient (Wildman–Crippen LogP) is 5.10. The van der Waals surface area contributed by atoms with E-state index in [9.17, 15) is 4.79 Å². The van der Waals surface area contributed by atoms with Crippen LogP contribution in [0.4, 0.5) is 0 Å². The molecule has 3 aromatic heterocycles. The third-order valence-electron chi connectivity index (χ3n) is 4.72. The number of aromatic nitrogens is 3. The van der Waals surface area contributed by atoms with Crippen molar-refractivity contribution in [3.8, 4) is 11.5 Å². The normalized spacial score (nSPS) is 11.4. The topological polar surface area (TPSA) is 72.4 Å². The summed E-state index contributed by atoms with van der Waals surface area (Å²) in [6.45, 7) is 2.30. The van der Waals surface area contributed by atoms with Crippen LogP contribution in [0.25, 0.3) is 27.3 Å². The van der Waals surface area contributed by atoms with Gasteiger partial charge in [-0.1, -0.05) is 11.6 Å². The van der Waals surface area contributed by atoms with Gasteiger partial charge in [-0.15, -0.1) is 16.4 Å². The van der Waals surface area contributed by atoms with Gasteiger partial charge in [0.25, 0.3) is 5.91 Å². The highest BCUT2D eigenvalue weighted by atomic mass is 35.5. The van der Waals surface area contributed by atoms with Gasteiger partial charge < -0.3 is 9.73 Å². The second-order valence-corrected chi connectivity index (χ2v) is 7.97. The fourth-order valence-electron chi connectivity index (χ4n) is 3.17. The Morgan fingerprint density at radius 3 is 2.86 bits per heavy atom. The number of nitrogens with one attached hydrogen (secondary N) is 1. The molecule has 0 saturated carbocycles. The fraction of sp³-hybridized carbons (Fsp3) is 0.0952. The summed E-state index contributed by atoms with van der Waals surface area (Å²) < 4.78 is 8.50. The van der Waals surface area contributed by atoms with Crippen LogP contribution in [-0.2, 0) is 6.54 Å². The van der Waals surface area contributed by atoms with Crippen molar-refractivity contribution >= 4 is 44.6 Å². The average Bonchev–Trinajstić information content (AvgIpc) is 3.42. The second-order valence-electron chi connectivity index (χ2n) is 6.62. The highest BCUT2D eigenvalue weighted by molar-refractivity contribution is 7.17. The number of thiophene rings is 1. The van der Waals surface area contributed by atoms with Gasteiger partial charge in [-0.3, -0.25) is 4.79 Å². The van der Waals surface area contributed by atoms with Gasteiger partial charge in [0.1, 0.15) is 5.82 Å². The summed E-state index contributed by atoms with van der Waals surface area (Å²) in [5.74, 6) is 1.10. The molecule has 8 heteroatoms. The molecule has 1 N–H and O–H groups in total. The largest absolute Gasteiger partial charge is 0.417 e. The minimum atomic E-state index is -0.140. The minimum absolute atomic E-state index is 0.140. The summed E-state index contributed by atoms with van der Waals surface area (Å²) in [6, 6.07) is 13.0. The van der Waals surface area contributed by atoms with Crippen molar-refractivity contribution in [3.63, 3.8) is 0 Å². The van der Waals surface area contributed by atoms with Gasteiger partial charge in [-0.2, -0.15) is 4.52 Å². The van der Waals surface area contributed by atoms with Gasteiger partial charge in [0.15, 0.2) is 0 Å². The molecule has 0 unspecified atom stereocenters. The Balaban J connectivity index is 1.31. The van der Waals surface area contributed by atoms with Gasteiger partial charge in [0.2, 0.25) is 11.6 Å². The van der Waals surface area contributed by atoms with Crippen molar-refractivity contribution < 1.29 is 9.21 Å². The SMILES string of the molecule is Cc1ncc2oc(-c3ccc(C(=O)NCc4csc5ccc(Cl)cc45)cc3)nn12. The molecule has 0 spiro atoms. The number of halogens is 1. The number of nitrogens with zero attached hydrogens (tertiary/aromatic N) is 3. The molecule has 5 rings (SSSR count). The van der Waals surface area contributed by atoms with Crippen LogP contribution in [0.1, 0.15) is 21.7 Å². The number of hydrogen-bond donors (Lipinski definition) is 1. The molecule has 3 heterocycles. The van der Waals surface area contributed by atoms with Gasteiger partial charge in [0.05, 0.1) is 6.20 Å². The smallest absolute Gasteiger partial charge is 0.251 e. The lowest BCUT2D eigenvalue weighted by molar-refractivity contribution is 0.0951. The van der Waals surface area contributed by atoms with Crippen LogP contribution in [0.3, 0.4) is 0 Å². The zero-order valence-electron chi connectivity index (χ0n) is 15.3. The Morgan fingerprint density at radius 1 is 1.24 bits per heavy atom. The Kier molecular flexibility index (Phi) is 4.34. The molecule has 0 bridgehead atoms. The molecular weight excluding hydrogens is 408 g/mol. The second kappa shape index (κ2) is 7.02. The molecule has 0 fully saturated rings. The van der Waals surface area contributed by atoms with Crippen LogP contribution < -0.4 is 5.32 Å². The van der Waals surface area contributed by atoms with E-state index in [1.165, 1.54) is 0 Å². The third kappa shape index (κ3) is 3.28. The molecule has 0 aliphatic carbocycles. The molecule has 0 aliphatic rings. The summed E-state index contributed by atoms with van der Waals surface area (Å²) in [4.78, 5) is 16.7. The van der Waals surface area contributed by atoms with Crippen molar-refractivity contribution in [2.45, 2.75) is 13.5 Å². The number of carbonyl (C=O) groups is 1. The molecular formula is C21H15ClN4O2S. The summed E-state index contributed by atoms with van der Waals surface area (Å²) >= 11 is 7.74. The third-order valence-corrected chi connectivity index (χ3v) is 5.97. The summed E-state index contributed by atoms with van der Waals surface area (Å²) in [7, 11) is 0. The van der Waals surface area contributed by atoms with Crippen LogP contribution in [0.15, 0.2) is 58.5 Å². The summed E-state index contributed by atoms with van der Waals surface area (Å²) in [5, 5.41) is 11.2. The molecule has 0 aliphatic heterocycles. The molecule has 2 aromatic carbocycles. The van der Waals surface area contributed by atoms with E-state index in [0.29, 0.717) is 28.7 Å². The Bertz CT molecular complexity index is 1350. The number of rotatable bonds is 4. The maximum Gasteiger partial charge on any atom is 0.251 e. The van der Waals surface area contributed by atoms with Crippen molar-refractivity contribution in [1.29, 1.82) is 0 Å². The molecule has 29 heavy (non-hydrogen) atoms. The van der Waals surface area contributed by atoms with Gasteiger partial charge in [-0.05, 0) is 65.7 Å². The van der Waals surface area contributed by atoms with E-state index in [-0.39, 0.29) is 5.91 Å². The number of fused-ring (bicyclic) bond motifs is 2. The highest BCUT2D eigenvalue weighted by Gasteiger charge is 2.13. The summed E-state index contributed by atoms with van der Waals surface area (Å²) in [6.07, 6.45) is 1.63. The molecule has 1 amide bonds. The lowest BCUT2D eigenvalue weighted by atomic mass is 10.1. The van der Waals surface area contributed by atoms with E-state index in [1.807, 2.05) is 42.6 Å². The number of amides is 1. The minimum Gasteiger partial charge on any atom is -0.417 e.